The van der Waals surface area contributed by atoms with Gasteiger partial charge in [-0.2, -0.15) is 4.31 Å². The number of rotatable bonds is 5. The summed E-state index contributed by atoms with van der Waals surface area (Å²) < 4.78 is 37.1. The fraction of sp³-hybridized carbons (Fsp3) is 0.368. The van der Waals surface area contributed by atoms with Gasteiger partial charge in [0.05, 0.1) is 16.3 Å². The van der Waals surface area contributed by atoms with Gasteiger partial charge in [0, 0.05) is 30.6 Å². The first-order valence-corrected chi connectivity index (χ1v) is 11.4. The van der Waals surface area contributed by atoms with Crippen molar-refractivity contribution in [2.75, 3.05) is 13.1 Å². The topological polar surface area (TPSA) is 106 Å². The molecule has 10 heteroatoms. The molecule has 1 aliphatic rings. The summed E-state index contributed by atoms with van der Waals surface area (Å²) in [6, 6.07) is 7.90. The van der Waals surface area contributed by atoms with Gasteiger partial charge in [0.2, 0.25) is 10.0 Å². The van der Waals surface area contributed by atoms with Crippen LogP contribution in [0.3, 0.4) is 0 Å². The molecule has 3 aromatic rings. The van der Waals surface area contributed by atoms with Gasteiger partial charge in [-0.3, -0.25) is 4.79 Å². The summed E-state index contributed by atoms with van der Waals surface area (Å²) in [4.78, 5) is 12.4. The summed E-state index contributed by atoms with van der Waals surface area (Å²) in [6.07, 6.45) is 1.54. The maximum Gasteiger partial charge on any atom is 0.243 e. The molecule has 1 aromatic carbocycles. The van der Waals surface area contributed by atoms with E-state index in [2.05, 4.69) is 14.7 Å². The third-order valence-corrected chi connectivity index (χ3v) is 7.67. The Balaban J connectivity index is 1.59. The zero-order chi connectivity index (χ0) is 20.6. The highest BCUT2D eigenvalue weighted by Crippen LogP contribution is 2.36. The normalized spacial score (nSPS) is 18.1. The van der Waals surface area contributed by atoms with Crippen molar-refractivity contribution in [3.05, 3.63) is 47.3 Å². The highest BCUT2D eigenvalue weighted by atomic mass is 32.2. The number of hydrogen-bond acceptors (Lipinski definition) is 8. The van der Waals surface area contributed by atoms with E-state index in [1.807, 2.05) is 13.0 Å². The number of carbonyl (C=O) groups excluding carboxylic acids is 1. The zero-order valence-electron chi connectivity index (χ0n) is 16.0. The molecule has 0 aliphatic carbocycles. The number of ketones is 1. The quantitative estimate of drug-likeness (QED) is 0.570. The summed E-state index contributed by atoms with van der Waals surface area (Å²) in [7, 11) is -3.66. The number of hydrogen-bond donors (Lipinski definition) is 0. The second-order valence-corrected chi connectivity index (χ2v) is 9.79. The van der Waals surface area contributed by atoms with Gasteiger partial charge < -0.3 is 4.52 Å². The van der Waals surface area contributed by atoms with Crippen LogP contribution >= 0.6 is 11.5 Å². The van der Waals surface area contributed by atoms with Crippen LogP contribution in [-0.2, 0) is 10.0 Å². The van der Waals surface area contributed by atoms with E-state index >= 15 is 0 Å². The van der Waals surface area contributed by atoms with Crippen molar-refractivity contribution >= 4 is 27.3 Å². The Hall–Kier alpha value is -2.43. The molecule has 0 N–H and O–H groups in total. The van der Waals surface area contributed by atoms with Crippen LogP contribution in [0.4, 0.5) is 0 Å². The summed E-state index contributed by atoms with van der Waals surface area (Å²) >= 11 is 1.22. The first kappa shape index (κ1) is 19.9. The molecule has 2 aromatic heterocycles. The van der Waals surface area contributed by atoms with E-state index < -0.39 is 10.0 Å². The van der Waals surface area contributed by atoms with E-state index in [4.69, 9.17) is 4.52 Å². The molecule has 0 saturated carbocycles. The standard InChI is InChI=1S/C19H20N4O4S2/c1-12-10-17(27-21-12)19-18(20-22-28-19)15-4-3-9-23(11-15)29(25,26)16-7-5-14(6-8-16)13(2)24/h5-8,10,15H,3-4,9,11H2,1-2H3. The van der Waals surface area contributed by atoms with Gasteiger partial charge >= 0.3 is 0 Å². The minimum atomic E-state index is -3.66. The predicted molar refractivity (Wildman–Crippen MR) is 107 cm³/mol. The number of nitrogens with zero attached hydrogens (tertiary/aromatic N) is 4. The molecule has 29 heavy (non-hydrogen) atoms. The lowest BCUT2D eigenvalue weighted by Crippen LogP contribution is -2.39. The third-order valence-electron chi connectivity index (χ3n) is 5.03. The van der Waals surface area contributed by atoms with Gasteiger partial charge in [0.1, 0.15) is 4.88 Å². The Labute approximate surface area is 172 Å². The van der Waals surface area contributed by atoms with Gasteiger partial charge in [0.25, 0.3) is 0 Å². The fourth-order valence-corrected chi connectivity index (χ4v) is 5.72. The SMILES string of the molecule is CC(=O)c1ccc(S(=O)(=O)N2CCCC(c3nnsc3-c3cc(C)no3)C2)cc1. The minimum Gasteiger partial charge on any atom is -0.355 e. The predicted octanol–water partition coefficient (Wildman–Crippen LogP) is 3.27. The molecule has 0 amide bonds. The molecule has 1 unspecified atom stereocenters. The second-order valence-electron chi connectivity index (χ2n) is 7.10. The molecule has 0 radical (unpaired) electrons. The lowest BCUT2D eigenvalue weighted by atomic mass is 9.95. The molecule has 1 saturated heterocycles. The van der Waals surface area contributed by atoms with Crippen LogP contribution in [0.1, 0.15) is 47.4 Å². The molecular formula is C19H20N4O4S2. The molecule has 8 nitrogen and oxygen atoms in total. The Morgan fingerprint density at radius 1 is 1.28 bits per heavy atom. The monoisotopic (exact) mass is 432 g/mol. The smallest absolute Gasteiger partial charge is 0.243 e. The molecule has 0 bridgehead atoms. The maximum atomic E-state index is 13.1. The Bertz CT molecular complexity index is 1140. The van der Waals surface area contributed by atoms with Crippen LogP contribution in [0, 0.1) is 6.92 Å². The van der Waals surface area contributed by atoms with Crippen molar-refractivity contribution in [2.24, 2.45) is 0 Å². The van der Waals surface area contributed by atoms with Crippen molar-refractivity contribution in [3.8, 4) is 10.6 Å². The summed E-state index contributed by atoms with van der Waals surface area (Å²) in [6.45, 7) is 4.06. The Morgan fingerprint density at radius 3 is 2.69 bits per heavy atom. The largest absolute Gasteiger partial charge is 0.355 e. The van der Waals surface area contributed by atoms with Crippen LogP contribution in [0.5, 0.6) is 0 Å². The van der Waals surface area contributed by atoms with Gasteiger partial charge in [-0.1, -0.05) is 21.8 Å². The van der Waals surface area contributed by atoms with Crippen molar-refractivity contribution in [1.29, 1.82) is 0 Å². The molecule has 1 aliphatic heterocycles. The lowest BCUT2D eigenvalue weighted by molar-refractivity contribution is 0.101. The van der Waals surface area contributed by atoms with Crippen LogP contribution in [0.2, 0.25) is 0 Å². The van der Waals surface area contributed by atoms with Crippen LogP contribution in [0.15, 0.2) is 39.8 Å². The number of aryl methyl sites for hydroxylation is 1. The van der Waals surface area contributed by atoms with Crippen LogP contribution < -0.4 is 0 Å². The van der Waals surface area contributed by atoms with Crippen molar-refractivity contribution in [2.45, 2.75) is 37.5 Å². The zero-order valence-corrected chi connectivity index (χ0v) is 17.7. The highest BCUT2D eigenvalue weighted by molar-refractivity contribution is 7.89. The summed E-state index contributed by atoms with van der Waals surface area (Å²) in [5.74, 6) is 0.430. The van der Waals surface area contributed by atoms with Crippen molar-refractivity contribution < 1.29 is 17.7 Å². The van der Waals surface area contributed by atoms with Crippen molar-refractivity contribution in [3.63, 3.8) is 0 Å². The average Bonchev–Trinajstić information content (AvgIpc) is 3.37. The summed E-state index contributed by atoms with van der Waals surface area (Å²) in [5.41, 5.74) is 2.00. The minimum absolute atomic E-state index is 0.0748. The van der Waals surface area contributed by atoms with Crippen LogP contribution in [-0.4, -0.2) is 46.3 Å². The molecule has 4 rings (SSSR count). The molecule has 0 spiro atoms. The van der Waals surface area contributed by atoms with Crippen molar-refractivity contribution in [1.82, 2.24) is 19.0 Å². The van der Waals surface area contributed by atoms with E-state index in [0.717, 1.165) is 29.1 Å². The number of aromatic nitrogens is 3. The molecule has 1 fully saturated rings. The van der Waals surface area contributed by atoms with Gasteiger partial charge in [-0.25, -0.2) is 8.42 Å². The number of sulfonamides is 1. The fourth-order valence-electron chi connectivity index (χ4n) is 3.50. The second kappa shape index (κ2) is 7.77. The number of benzene rings is 1. The molecule has 1 atom stereocenters. The van der Waals surface area contributed by atoms with Crippen LogP contribution in [0.25, 0.3) is 10.6 Å². The average molecular weight is 433 g/mol. The Kier molecular flexibility index (Phi) is 5.32. The third kappa shape index (κ3) is 3.87. The number of piperidine rings is 1. The van der Waals surface area contributed by atoms with E-state index in [1.165, 1.54) is 34.9 Å². The van der Waals surface area contributed by atoms with Gasteiger partial charge in [-0.05, 0) is 50.4 Å². The Morgan fingerprint density at radius 2 is 2.03 bits per heavy atom. The highest BCUT2D eigenvalue weighted by Gasteiger charge is 2.34. The van der Waals surface area contributed by atoms with E-state index in [0.29, 0.717) is 24.4 Å². The first-order valence-electron chi connectivity index (χ1n) is 9.23. The van der Waals surface area contributed by atoms with E-state index in [1.54, 1.807) is 12.1 Å². The first-order chi connectivity index (χ1) is 13.9. The van der Waals surface area contributed by atoms with Gasteiger partial charge in [-0.15, -0.1) is 5.10 Å². The number of Topliss-reactive ketones (excluding diaryl/α,β-unsaturated/α-hetero) is 1. The van der Waals surface area contributed by atoms with E-state index in [-0.39, 0.29) is 16.6 Å². The maximum absolute atomic E-state index is 13.1. The lowest BCUT2D eigenvalue weighted by Gasteiger charge is -2.31. The summed E-state index contributed by atoms with van der Waals surface area (Å²) in [5, 5.41) is 8.19. The van der Waals surface area contributed by atoms with E-state index in [9.17, 15) is 13.2 Å². The molecule has 152 valence electrons. The van der Waals surface area contributed by atoms with Gasteiger partial charge in [0.15, 0.2) is 11.5 Å². The molecular weight excluding hydrogens is 412 g/mol. The molecule has 3 heterocycles. The number of carbonyl (C=O) groups is 1.